The van der Waals surface area contributed by atoms with E-state index in [2.05, 4.69) is 15.2 Å². The third-order valence-corrected chi connectivity index (χ3v) is 4.87. The molecule has 0 saturated carbocycles. The minimum atomic E-state index is -0.255. The van der Waals surface area contributed by atoms with Crippen LogP contribution in [-0.2, 0) is 9.53 Å². The second kappa shape index (κ2) is 7.90. The summed E-state index contributed by atoms with van der Waals surface area (Å²) >= 11 is 0. The number of likely N-dealkylation sites (tertiary alicyclic amines) is 1. The second-order valence-electron chi connectivity index (χ2n) is 6.53. The Morgan fingerprint density at radius 3 is 2.79 bits per heavy atom. The zero-order valence-electron chi connectivity index (χ0n) is 14.1. The average molecular weight is 336 g/mol. The van der Waals surface area contributed by atoms with Crippen LogP contribution in [0.4, 0.5) is 10.2 Å². The molecule has 1 aromatic heterocycles. The van der Waals surface area contributed by atoms with Crippen molar-refractivity contribution < 1.29 is 13.9 Å². The van der Waals surface area contributed by atoms with Gasteiger partial charge < -0.3 is 15.0 Å². The Bertz CT molecular complexity index is 563. The third-order valence-electron chi connectivity index (χ3n) is 4.87. The molecule has 2 aliphatic heterocycles. The van der Waals surface area contributed by atoms with Crippen LogP contribution in [0.3, 0.4) is 0 Å². The van der Waals surface area contributed by atoms with Crippen LogP contribution >= 0.6 is 0 Å². The van der Waals surface area contributed by atoms with Gasteiger partial charge in [0, 0.05) is 44.5 Å². The first-order valence-electron chi connectivity index (χ1n) is 8.56. The summed E-state index contributed by atoms with van der Waals surface area (Å²) in [4.78, 5) is 19.6. The summed E-state index contributed by atoms with van der Waals surface area (Å²) in [6.45, 7) is 3.79. The van der Waals surface area contributed by atoms with Gasteiger partial charge in [-0.25, -0.2) is 9.37 Å². The van der Waals surface area contributed by atoms with E-state index in [-0.39, 0.29) is 11.8 Å². The number of ether oxygens (including phenoxy) is 1. The van der Waals surface area contributed by atoms with Crippen LogP contribution in [0.5, 0.6) is 0 Å². The van der Waals surface area contributed by atoms with E-state index < -0.39 is 0 Å². The molecule has 0 spiro atoms. The Balaban J connectivity index is 1.44. The van der Waals surface area contributed by atoms with Crippen molar-refractivity contribution >= 4 is 11.8 Å². The quantitative estimate of drug-likeness (QED) is 0.811. The largest absolute Gasteiger partial charge is 0.468 e. The van der Waals surface area contributed by atoms with Gasteiger partial charge >= 0.3 is 5.97 Å². The van der Waals surface area contributed by atoms with Crippen molar-refractivity contribution in [3.8, 4) is 0 Å². The number of piperidine rings is 1. The minimum Gasteiger partial charge on any atom is -0.468 e. The molecular weight excluding hydrogens is 311 g/mol. The first kappa shape index (κ1) is 17.1. The number of hydrogen-bond acceptors (Lipinski definition) is 6. The Labute approximate surface area is 142 Å². The molecular formula is C17H25FN4O2. The Morgan fingerprint density at radius 2 is 2.08 bits per heavy atom. The van der Waals surface area contributed by atoms with Crippen molar-refractivity contribution in [2.24, 2.45) is 0 Å². The smallest absolute Gasteiger partial charge is 0.319 e. The minimum absolute atomic E-state index is 0.176. The molecule has 2 saturated heterocycles. The predicted molar refractivity (Wildman–Crippen MR) is 89.4 cm³/mol. The van der Waals surface area contributed by atoms with Gasteiger partial charge in [-0.05, 0) is 31.4 Å². The zero-order chi connectivity index (χ0) is 16.9. The molecule has 1 atom stereocenters. The fraction of sp³-hybridized carbons (Fsp3) is 0.647. The number of carbonyl (C=O) groups is 1. The van der Waals surface area contributed by atoms with E-state index in [0.717, 1.165) is 45.4 Å². The lowest BCUT2D eigenvalue weighted by molar-refractivity contribution is -0.142. The number of methoxy groups -OCH3 is 1. The van der Waals surface area contributed by atoms with E-state index in [4.69, 9.17) is 4.74 Å². The number of aromatic nitrogens is 1. The number of nitrogens with zero attached hydrogens (tertiary/aromatic N) is 3. The summed E-state index contributed by atoms with van der Waals surface area (Å²) in [6, 6.07) is 3.90. The number of anilines is 1. The lowest BCUT2D eigenvalue weighted by Crippen LogP contribution is -2.48. The molecule has 0 radical (unpaired) electrons. The molecule has 6 nitrogen and oxygen atoms in total. The fourth-order valence-electron chi connectivity index (χ4n) is 3.54. The summed E-state index contributed by atoms with van der Waals surface area (Å²) in [7, 11) is 1.42. The molecule has 2 fully saturated rings. The Kier molecular flexibility index (Phi) is 5.63. The number of esters is 1. The number of carbonyl (C=O) groups excluding carboxylic acids is 1. The van der Waals surface area contributed by atoms with Crippen LogP contribution in [-0.4, -0.2) is 67.8 Å². The van der Waals surface area contributed by atoms with Crippen molar-refractivity contribution in [3.05, 3.63) is 24.1 Å². The maximum absolute atomic E-state index is 13.8. The third kappa shape index (κ3) is 4.21. The molecule has 7 heteroatoms. The number of hydrogen-bond donors (Lipinski definition) is 1. The van der Waals surface area contributed by atoms with Crippen molar-refractivity contribution in [2.75, 3.05) is 44.7 Å². The van der Waals surface area contributed by atoms with Gasteiger partial charge in [0.2, 0.25) is 0 Å². The van der Waals surface area contributed by atoms with Crippen molar-refractivity contribution in [1.29, 1.82) is 0 Å². The van der Waals surface area contributed by atoms with E-state index in [1.807, 2.05) is 4.90 Å². The normalized spacial score (nSPS) is 22.8. The van der Waals surface area contributed by atoms with Gasteiger partial charge in [0.15, 0.2) is 11.6 Å². The van der Waals surface area contributed by atoms with E-state index in [1.165, 1.54) is 13.2 Å². The van der Waals surface area contributed by atoms with Gasteiger partial charge in [-0.15, -0.1) is 0 Å². The van der Waals surface area contributed by atoms with Gasteiger partial charge in [-0.3, -0.25) is 9.69 Å². The Morgan fingerprint density at radius 1 is 1.33 bits per heavy atom. The molecule has 132 valence electrons. The van der Waals surface area contributed by atoms with E-state index in [1.54, 1.807) is 12.3 Å². The van der Waals surface area contributed by atoms with Gasteiger partial charge in [-0.1, -0.05) is 0 Å². The van der Waals surface area contributed by atoms with E-state index >= 15 is 0 Å². The van der Waals surface area contributed by atoms with Crippen LogP contribution < -0.4 is 10.2 Å². The molecule has 24 heavy (non-hydrogen) atoms. The molecule has 0 aliphatic carbocycles. The molecule has 1 aromatic rings. The lowest BCUT2D eigenvalue weighted by Gasteiger charge is -2.33. The molecule has 0 bridgehead atoms. The van der Waals surface area contributed by atoms with E-state index in [9.17, 15) is 9.18 Å². The highest BCUT2D eigenvalue weighted by atomic mass is 19.1. The molecule has 3 heterocycles. The summed E-state index contributed by atoms with van der Waals surface area (Å²) in [5, 5.41) is 3.69. The van der Waals surface area contributed by atoms with Crippen molar-refractivity contribution in [2.45, 2.75) is 31.3 Å². The first-order chi connectivity index (χ1) is 11.7. The molecule has 2 aliphatic rings. The van der Waals surface area contributed by atoms with Gasteiger partial charge in [0.05, 0.1) is 13.7 Å². The highest BCUT2D eigenvalue weighted by Crippen LogP contribution is 2.22. The number of nitrogens with one attached hydrogen (secondary N) is 1. The number of pyridine rings is 1. The van der Waals surface area contributed by atoms with Crippen LogP contribution in [0, 0.1) is 5.82 Å². The topological polar surface area (TPSA) is 57.7 Å². The van der Waals surface area contributed by atoms with Gasteiger partial charge in [-0.2, -0.15) is 0 Å². The molecule has 0 amide bonds. The second-order valence-corrected chi connectivity index (χ2v) is 6.53. The zero-order valence-corrected chi connectivity index (χ0v) is 14.1. The maximum Gasteiger partial charge on any atom is 0.319 e. The Hall–Kier alpha value is -1.73. The van der Waals surface area contributed by atoms with Gasteiger partial charge in [0.1, 0.15) is 0 Å². The first-order valence-corrected chi connectivity index (χ1v) is 8.56. The van der Waals surface area contributed by atoms with E-state index in [0.29, 0.717) is 24.4 Å². The summed E-state index contributed by atoms with van der Waals surface area (Å²) < 4.78 is 18.5. The maximum atomic E-state index is 13.8. The molecule has 0 aromatic carbocycles. The van der Waals surface area contributed by atoms with Crippen LogP contribution in [0.25, 0.3) is 0 Å². The summed E-state index contributed by atoms with van der Waals surface area (Å²) in [5.74, 6) is 0.0224. The molecule has 3 rings (SSSR count). The highest BCUT2D eigenvalue weighted by Gasteiger charge is 2.28. The monoisotopic (exact) mass is 336 g/mol. The van der Waals surface area contributed by atoms with Gasteiger partial charge in [0.25, 0.3) is 0 Å². The van der Waals surface area contributed by atoms with Crippen LogP contribution in [0.15, 0.2) is 18.3 Å². The SMILES string of the molecule is COC(=O)CN1CCC(N[C@H]2CCN(c3ncccc3F)C2)CC1. The van der Waals surface area contributed by atoms with Crippen LogP contribution in [0.2, 0.25) is 0 Å². The number of halogens is 1. The predicted octanol–water partition coefficient (Wildman–Crippen LogP) is 1.03. The summed E-state index contributed by atoms with van der Waals surface area (Å²) in [5.41, 5.74) is 0. The number of rotatable bonds is 5. The lowest BCUT2D eigenvalue weighted by atomic mass is 10.0. The molecule has 0 unspecified atom stereocenters. The van der Waals surface area contributed by atoms with Crippen LogP contribution in [0.1, 0.15) is 19.3 Å². The average Bonchev–Trinajstić information content (AvgIpc) is 3.05. The van der Waals surface area contributed by atoms with Crippen molar-refractivity contribution in [1.82, 2.24) is 15.2 Å². The fourth-order valence-corrected chi connectivity index (χ4v) is 3.54. The van der Waals surface area contributed by atoms with Crippen molar-refractivity contribution in [3.63, 3.8) is 0 Å². The summed E-state index contributed by atoms with van der Waals surface area (Å²) in [6.07, 6.45) is 4.67. The highest BCUT2D eigenvalue weighted by molar-refractivity contribution is 5.71. The standard InChI is InChI=1S/C17H25FN4O2/c1-24-16(23)12-21-8-4-13(5-9-21)20-14-6-10-22(11-14)17-15(18)3-2-7-19-17/h2-3,7,13-14,20H,4-6,8-12H2,1H3/t14-/m0/s1. The molecule has 1 N–H and O–H groups in total.